The van der Waals surface area contributed by atoms with E-state index in [4.69, 9.17) is 0 Å². The Morgan fingerprint density at radius 3 is 2.48 bits per heavy atom. The van der Waals surface area contributed by atoms with Crippen LogP contribution in [0, 0.1) is 30.4 Å². The van der Waals surface area contributed by atoms with Gasteiger partial charge in [-0.1, -0.05) is 24.8 Å². The number of anilines is 1. The summed E-state index contributed by atoms with van der Waals surface area (Å²) in [7, 11) is 0. The predicted molar refractivity (Wildman–Crippen MR) is 151 cm³/mol. The Bertz CT molecular complexity index is 1640. The Balaban J connectivity index is 1.24. The molecule has 0 saturated carbocycles. The van der Waals surface area contributed by atoms with Crippen molar-refractivity contribution in [3.8, 4) is 23.0 Å². The summed E-state index contributed by atoms with van der Waals surface area (Å²) < 4.78 is 28.9. The van der Waals surface area contributed by atoms with E-state index in [1.165, 1.54) is 18.2 Å². The summed E-state index contributed by atoms with van der Waals surface area (Å²) >= 11 is 0. The molecule has 1 unspecified atom stereocenters. The molecule has 2 aliphatic rings. The van der Waals surface area contributed by atoms with Crippen molar-refractivity contribution in [2.24, 2.45) is 0 Å². The van der Waals surface area contributed by atoms with Gasteiger partial charge in [-0.15, -0.1) is 0 Å². The standard InChI is InChI=1S/C33H28F2N4O/c1-3-32-29(12-6-22-5-4-21(2)37-18-22)28(14-15-36-32)23-7-13-30(31(35)16-23)33(40)39-20-26-17-27(39)19-38(26)25-10-8-24(34)9-11-25/h4-5,7-11,13-16,18,26-27H,3,17,19-20H2,1-2H3/t26-,27?/m0/s1. The van der Waals surface area contributed by atoms with Crippen molar-refractivity contribution in [2.45, 2.75) is 38.8 Å². The Hall–Kier alpha value is -4.57. The van der Waals surface area contributed by atoms with Gasteiger partial charge in [-0.25, -0.2) is 8.78 Å². The molecule has 0 spiro atoms. The zero-order valence-electron chi connectivity index (χ0n) is 22.4. The van der Waals surface area contributed by atoms with E-state index in [1.807, 2.05) is 32.0 Å². The van der Waals surface area contributed by atoms with Gasteiger partial charge < -0.3 is 9.80 Å². The maximum Gasteiger partial charge on any atom is 0.257 e. The quantitative estimate of drug-likeness (QED) is 0.311. The van der Waals surface area contributed by atoms with Crippen LogP contribution in [0.15, 0.2) is 73.1 Å². The number of rotatable bonds is 4. The minimum atomic E-state index is -0.558. The number of fused-ring (bicyclic) bond motifs is 2. The molecule has 2 atom stereocenters. The molecular weight excluding hydrogens is 506 g/mol. The minimum absolute atomic E-state index is 0.00733. The molecule has 200 valence electrons. The Kier molecular flexibility index (Phi) is 6.77. The molecule has 0 N–H and O–H groups in total. The van der Waals surface area contributed by atoms with Gasteiger partial charge >= 0.3 is 0 Å². The molecule has 1 amide bonds. The van der Waals surface area contributed by atoms with Crippen molar-refractivity contribution in [1.29, 1.82) is 0 Å². The molecular formula is C33H28F2N4O. The van der Waals surface area contributed by atoms with Gasteiger partial charge in [0.05, 0.1) is 22.9 Å². The fraction of sp³-hybridized carbons (Fsp3) is 0.242. The van der Waals surface area contributed by atoms with Gasteiger partial charge in [0, 0.05) is 54.0 Å². The zero-order chi connectivity index (χ0) is 27.8. The summed E-state index contributed by atoms with van der Waals surface area (Å²) in [4.78, 5) is 26.2. The van der Waals surface area contributed by atoms with E-state index in [9.17, 15) is 9.18 Å². The van der Waals surface area contributed by atoms with E-state index in [0.29, 0.717) is 25.1 Å². The van der Waals surface area contributed by atoms with Gasteiger partial charge in [-0.05, 0) is 79.9 Å². The molecule has 40 heavy (non-hydrogen) atoms. The maximum atomic E-state index is 15.5. The van der Waals surface area contributed by atoms with E-state index in [2.05, 4.69) is 26.7 Å². The third-order valence-electron chi connectivity index (χ3n) is 7.78. The molecule has 2 aromatic carbocycles. The highest BCUT2D eigenvalue weighted by atomic mass is 19.1. The molecule has 5 nitrogen and oxygen atoms in total. The summed E-state index contributed by atoms with van der Waals surface area (Å²) in [6, 6.07) is 17.0. The van der Waals surface area contributed by atoms with E-state index >= 15 is 4.39 Å². The van der Waals surface area contributed by atoms with Crippen molar-refractivity contribution in [3.05, 3.63) is 113 Å². The second kappa shape index (κ2) is 10.5. The number of amides is 1. The van der Waals surface area contributed by atoms with Crippen LogP contribution in [0.25, 0.3) is 11.1 Å². The minimum Gasteiger partial charge on any atom is -0.365 e. The van der Waals surface area contributed by atoms with E-state index in [1.54, 1.807) is 41.6 Å². The number of hydrogen-bond acceptors (Lipinski definition) is 4. The highest BCUT2D eigenvalue weighted by Gasteiger charge is 2.45. The van der Waals surface area contributed by atoms with Crippen LogP contribution >= 0.6 is 0 Å². The van der Waals surface area contributed by atoms with Crippen LogP contribution in [-0.2, 0) is 6.42 Å². The molecule has 4 aromatic rings. The monoisotopic (exact) mass is 534 g/mol. The predicted octanol–water partition coefficient (Wildman–Crippen LogP) is 5.80. The van der Waals surface area contributed by atoms with Gasteiger partial charge in [0.25, 0.3) is 5.91 Å². The number of hydrogen-bond donors (Lipinski definition) is 0. The normalized spacial score (nSPS) is 17.6. The lowest BCUT2D eigenvalue weighted by atomic mass is 9.96. The highest BCUT2D eigenvalue weighted by Crippen LogP contribution is 2.36. The molecule has 2 bridgehead atoms. The number of aromatic nitrogens is 2. The average molecular weight is 535 g/mol. The number of aryl methyl sites for hydroxylation is 2. The molecule has 2 aliphatic heterocycles. The number of benzene rings is 2. The first-order valence-electron chi connectivity index (χ1n) is 13.5. The number of pyridine rings is 2. The van der Waals surface area contributed by atoms with Gasteiger partial charge in [0.1, 0.15) is 11.6 Å². The summed E-state index contributed by atoms with van der Waals surface area (Å²) in [5.41, 5.74) is 5.68. The SMILES string of the molecule is CCc1nccc(-c2ccc(C(=O)N3C[C@@H]4CC3CN4c3ccc(F)cc3)c(F)c2)c1C#Cc1ccc(C)nc1. The zero-order valence-corrected chi connectivity index (χ0v) is 22.4. The second-order valence-electron chi connectivity index (χ2n) is 10.3. The van der Waals surface area contributed by atoms with Crippen LogP contribution in [-0.4, -0.2) is 45.9 Å². The number of halogens is 2. The molecule has 6 rings (SSSR count). The van der Waals surface area contributed by atoms with E-state index in [0.717, 1.165) is 40.2 Å². The van der Waals surface area contributed by atoms with Gasteiger partial charge in [0.2, 0.25) is 0 Å². The lowest BCUT2D eigenvalue weighted by Crippen LogP contribution is -2.49. The smallest absolute Gasteiger partial charge is 0.257 e. The van der Waals surface area contributed by atoms with E-state index < -0.39 is 5.82 Å². The fourth-order valence-electron chi connectivity index (χ4n) is 5.70. The highest BCUT2D eigenvalue weighted by molar-refractivity contribution is 5.96. The molecule has 0 radical (unpaired) electrons. The van der Waals surface area contributed by atoms with Crippen molar-refractivity contribution in [1.82, 2.24) is 14.9 Å². The van der Waals surface area contributed by atoms with Crippen LogP contribution in [0.2, 0.25) is 0 Å². The van der Waals surface area contributed by atoms with Crippen LogP contribution in [0.5, 0.6) is 0 Å². The first kappa shape index (κ1) is 25.7. The lowest BCUT2D eigenvalue weighted by Gasteiger charge is -2.35. The van der Waals surface area contributed by atoms with E-state index in [-0.39, 0.29) is 29.4 Å². The Labute approximate surface area is 232 Å². The van der Waals surface area contributed by atoms with Crippen molar-refractivity contribution >= 4 is 11.6 Å². The maximum absolute atomic E-state index is 15.5. The first-order chi connectivity index (χ1) is 19.4. The second-order valence-corrected chi connectivity index (χ2v) is 10.3. The summed E-state index contributed by atoms with van der Waals surface area (Å²) in [6.45, 7) is 5.09. The summed E-state index contributed by atoms with van der Waals surface area (Å²) in [6.07, 6.45) is 4.93. The lowest BCUT2D eigenvalue weighted by molar-refractivity contribution is 0.0721. The Morgan fingerprint density at radius 2 is 1.80 bits per heavy atom. The first-order valence-corrected chi connectivity index (χ1v) is 13.5. The van der Waals surface area contributed by atoms with Gasteiger partial charge in [0.15, 0.2) is 0 Å². The largest absolute Gasteiger partial charge is 0.365 e. The molecule has 0 aliphatic carbocycles. The van der Waals surface area contributed by atoms with Crippen molar-refractivity contribution < 1.29 is 13.6 Å². The van der Waals surface area contributed by atoms with Crippen LogP contribution in [0.1, 0.15) is 46.2 Å². The number of likely N-dealkylation sites (tertiary alicyclic amines) is 1. The molecule has 2 aromatic heterocycles. The van der Waals surface area contributed by atoms with Crippen molar-refractivity contribution in [3.63, 3.8) is 0 Å². The number of carbonyl (C=O) groups excluding carboxylic acids is 1. The van der Waals surface area contributed by atoms with Gasteiger partial charge in [-0.3, -0.25) is 14.8 Å². The van der Waals surface area contributed by atoms with Crippen molar-refractivity contribution in [2.75, 3.05) is 18.0 Å². The fourth-order valence-corrected chi connectivity index (χ4v) is 5.70. The topological polar surface area (TPSA) is 49.3 Å². The number of nitrogens with zero attached hydrogens (tertiary/aromatic N) is 4. The number of piperazine rings is 1. The third-order valence-corrected chi connectivity index (χ3v) is 7.78. The average Bonchev–Trinajstić information content (AvgIpc) is 3.58. The Morgan fingerprint density at radius 1 is 0.975 bits per heavy atom. The molecule has 2 fully saturated rings. The number of carbonyl (C=O) groups is 1. The summed E-state index contributed by atoms with van der Waals surface area (Å²) in [5, 5.41) is 0. The van der Waals surface area contributed by atoms with Gasteiger partial charge in [-0.2, -0.15) is 0 Å². The molecule has 7 heteroatoms. The van der Waals surface area contributed by atoms with Crippen LogP contribution in [0.3, 0.4) is 0 Å². The van der Waals surface area contributed by atoms with Crippen LogP contribution in [0.4, 0.5) is 14.5 Å². The summed E-state index contributed by atoms with van der Waals surface area (Å²) in [5.74, 6) is 5.26. The molecule has 2 saturated heterocycles. The molecule has 4 heterocycles. The third kappa shape index (κ3) is 4.82. The van der Waals surface area contributed by atoms with Crippen LogP contribution < -0.4 is 4.90 Å².